The monoisotopic (exact) mass is 371 g/mol. The molecule has 0 aliphatic heterocycles. The summed E-state index contributed by atoms with van der Waals surface area (Å²) in [7, 11) is 0. The standard InChI is InChI=1S/C19H18ClN3O3/c1-12-4-3-5-13(2)19(12)23-17(24)10-22-18(25)11-26-16-7-6-14(9-21)8-15(16)20/h3-8H,10-11H2,1-2H3,(H,22,25)(H,23,24). The van der Waals surface area contributed by atoms with Crippen LogP contribution in [-0.2, 0) is 9.59 Å². The van der Waals surface area contributed by atoms with Crippen molar-refractivity contribution in [3.63, 3.8) is 0 Å². The minimum Gasteiger partial charge on any atom is -0.482 e. The van der Waals surface area contributed by atoms with Crippen LogP contribution in [0.5, 0.6) is 5.75 Å². The molecule has 26 heavy (non-hydrogen) atoms. The van der Waals surface area contributed by atoms with Gasteiger partial charge in [-0.1, -0.05) is 29.8 Å². The number of para-hydroxylation sites is 1. The van der Waals surface area contributed by atoms with Crippen molar-refractivity contribution < 1.29 is 14.3 Å². The number of carbonyl (C=O) groups excluding carboxylic acids is 2. The zero-order valence-corrected chi connectivity index (χ0v) is 15.2. The lowest BCUT2D eigenvalue weighted by molar-refractivity contribution is -0.125. The number of hydrogen-bond acceptors (Lipinski definition) is 4. The Balaban J connectivity index is 1.82. The van der Waals surface area contributed by atoms with Gasteiger partial charge < -0.3 is 15.4 Å². The molecular weight excluding hydrogens is 354 g/mol. The quantitative estimate of drug-likeness (QED) is 0.816. The van der Waals surface area contributed by atoms with Crippen LogP contribution in [0, 0.1) is 25.2 Å². The van der Waals surface area contributed by atoms with E-state index in [0.29, 0.717) is 11.3 Å². The van der Waals surface area contributed by atoms with E-state index < -0.39 is 5.91 Å². The molecule has 0 aliphatic rings. The van der Waals surface area contributed by atoms with Gasteiger partial charge in [0.2, 0.25) is 5.91 Å². The summed E-state index contributed by atoms with van der Waals surface area (Å²) in [5, 5.41) is 14.3. The van der Waals surface area contributed by atoms with Crippen molar-refractivity contribution in [2.45, 2.75) is 13.8 Å². The fraction of sp³-hybridized carbons (Fsp3) is 0.211. The second-order valence-electron chi connectivity index (χ2n) is 5.64. The number of nitrogens with zero attached hydrogens (tertiary/aromatic N) is 1. The van der Waals surface area contributed by atoms with Gasteiger partial charge in [-0.25, -0.2) is 0 Å². The third-order valence-corrected chi connectivity index (χ3v) is 3.91. The maximum absolute atomic E-state index is 12.0. The van der Waals surface area contributed by atoms with Crippen LogP contribution in [0.2, 0.25) is 5.02 Å². The van der Waals surface area contributed by atoms with Gasteiger partial charge in [0.1, 0.15) is 5.75 Å². The van der Waals surface area contributed by atoms with Crippen LogP contribution in [0.3, 0.4) is 0 Å². The second kappa shape index (κ2) is 8.88. The van der Waals surface area contributed by atoms with Crippen LogP contribution in [0.4, 0.5) is 5.69 Å². The van der Waals surface area contributed by atoms with Gasteiger partial charge in [-0.15, -0.1) is 0 Å². The summed E-state index contributed by atoms with van der Waals surface area (Å²) in [6, 6.07) is 12.2. The number of hydrogen-bond donors (Lipinski definition) is 2. The van der Waals surface area contributed by atoms with Crippen LogP contribution >= 0.6 is 11.6 Å². The van der Waals surface area contributed by atoms with Gasteiger partial charge >= 0.3 is 0 Å². The topological polar surface area (TPSA) is 91.2 Å². The molecule has 0 spiro atoms. The van der Waals surface area contributed by atoms with Gasteiger partial charge in [-0.2, -0.15) is 5.26 Å². The minimum atomic E-state index is -0.456. The lowest BCUT2D eigenvalue weighted by atomic mass is 10.1. The van der Waals surface area contributed by atoms with Crippen molar-refractivity contribution in [2.75, 3.05) is 18.5 Å². The Hall–Kier alpha value is -3.04. The highest BCUT2D eigenvalue weighted by molar-refractivity contribution is 6.32. The maximum atomic E-state index is 12.0. The van der Waals surface area contributed by atoms with E-state index in [0.717, 1.165) is 16.8 Å². The molecule has 0 atom stereocenters. The molecule has 134 valence electrons. The van der Waals surface area contributed by atoms with Gasteiger partial charge in [0.05, 0.1) is 23.2 Å². The van der Waals surface area contributed by atoms with Crippen LogP contribution in [0.15, 0.2) is 36.4 Å². The largest absolute Gasteiger partial charge is 0.482 e. The predicted octanol–water partition coefficient (Wildman–Crippen LogP) is 2.96. The fourth-order valence-corrected chi connectivity index (χ4v) is 2.49. The van der Waals surface area contributed by atoms with Gasteiger partial charge in [0.15, 0.2) is 6.61 Å². The lowest BCUT2D eigenvalue weighted by Gasteiger charge is -2.12. The number of carbonyl (C=O) groups is 2. The Bertz CT molecular complexity index is 855. The van der Waals surface area contributed by atoms with E-state index in [1.165, 1.54) is 18.2 Å². The van der Waals surface area contributed by atoms with Gasteiger partial charge in [-0.05, 0) is 43.2 Å². The number of rotatable bonds is 6. The van der Waals surface area contributed by atoms with E-state index in [9.17, 15) is 9.59 Å². The van der Waals surface area contributed by atoms with Crippen molar-refractivity contribution in [3.05, 3.63) is 58.1 Å². The molecule has 0 aromatic heterocycles. The summed E-state index contributed by atoms with van der Waals surface area (Å²) >= 11 is 5.97. The van der Waals surface area contributed by atoms with Gasteiger partial charge in [0, 0.05) is 5.69 Å². The van der Waals surface area contributed by atoms with Crippen molar-refractivity contribution in [2.24, 2.45) is 0 Å². The molecule has 0 saturated carbocycles. The molecule has 7 heteroatoms. The Labute approximate surface area is 156 Å². The van der Waals surface area contributed by atoms with E-state index in [1.54, 1.807) is 0 Å². The molecule has 2 aromatic rings. The first-order valence-electron chi connectivity index (χ1n) is 7.86. The smallest absolute Gasteiger partial charge is 0.258 e. The fourth-order valence-electron chi connectivity index (χ4n) is 2.26. The van der Waals surface area contributed by atoms with Gasteiger partial charge in [-0.3, -0.25) is 9.59 Å². The molecule has 2 amide bonds. The summed E-state index contributed by atoms with van der Waals surface area (Å²) in [5.41, 5.74) is 3.04. The van der Waals surface area contributed by atoms with Crippen LogP contribution in [-0.4, -0.2) is 25.0 Å². The molecule has 2 rings (SSSR count). The molecule has 0 saturated heterocycles. The van der Waals surface area contributed by atoms with E-state index >= 15 is 0 Å². The number of ether oxygens (including phenoxy) is 1. The first kappa shape index (κ1) is 19.3. The van der Waals surface area contributed by atoms with E-state index in [1.807, 2.05) is 38.1 Å². The highest BCUT2D eigenvalue weighted by atomic mass is 35.5. The first-order valence-corrected chi connectivity index (χ1v) is 8.23. The van der Waals surface area contributed by atoms with E-state index in [-0.39, 0.29) is 24.1 Å². The summed E-state index contributed by atoms with van der Waals surface area (Å²) < 4.78 is 5.30. The zero-order valence-electron chi connectivity index (χ0n) is 14.4. The Morgan fingerprint density at radius 3 is 2.46 bits per heavy atom. The highest BCUT2D eigenvalue weighted by Gasteiger charge is 2.10. The molecule has 2 N–H and O–H groups in total. The molecule has 0 radical (unpaired) electrons. The minimum absolute atomic E-state index is 0.170. The molecule has 0 heterocycles. The lowest BCUT2D eigenvalue weighted by Crippen LogP contribution is -2.36. The molecule has 0 unspecified atom stereocenters. The molecule has 2 aromatic carbocycles. The summed E-state index contributed by atoms with van der Waals surface area (Å²) in [4.78, 5) is 23.8. The summed E-state index contributed by atoms with van der Waals surface area (Å²) in [5.74, 6) is -0.491. The summed E-state index contributed by atoms with van der Waals surface area (Å²) in [6.07, 6.45) is 0. The van der Waals surface area contributed by atoms with Crippen LogP contribution < -0.4 is 15.4 Å². The highest BCUT2D eigenvalue weighted by Crippen LogP contribution is 2.25. The summed E-state index contributed by atoms with van der Waals surface area (Å²) in [6.45, 7) is 3.34. The maximum Gasteiger partial charge on any atom is 0.258 e. The number of nitrogens with one attached hydrogen (secondary N) is 2. The zero-order chi connectivity index (χ0) is 19.1. The Morgan fingerprint density at radius 2 is 1.85 bits per heavy atom. The Morgan fingerprint density at radius 1 is 1.15 bits per heavy atom. The van der Waals surface area contributed by atoms with Crippen molar-refractivity contribution in [1.82, 2.24) is 5.32 Å². The third kappa shape index (κ3) is 5.23. The molecule has 0 bridgehead atoms. The third-order valence-electron chi connectivity index (χ3n) is 3.61. The van der Waals surface area contributed by atoms with Crippen LogP contribution in [0.25, 0.3) is 0 Å². The molecule has 6 nitrogen and oxygen atoms in total. The molecule has 0 aliphatic carbocycles. The van der Waals surface area contributed by atoms with Crippen molar-refractivity contribution >= 4 is 29.1 Å². The predicted molar refractivity (Wildman–Crippen MR) is 99.2 cm³/mol. The number of benzene rings is 2. The van der Waals surface area contributed by atoms with Crippen molar-refractivity contribution in [3.8, 4) is 11.8 Å². The van der Waals surface area contributed by atoms with E-state index in [2.05, 4.69) is 10.6 Å². The molecule has 0 fully saturated rings. The normalized spacial score (nSPS) is 9.92. The number of amides is 2. The number of nitriles is 1. The second-order valence-corrected chi connectivity index (χ2v) is 6.04. The number of halogens is 1. The average molecular weight is 372 g/mol. The van der Waals surface area contributed by atoms with Crippen molar-refractivity contribution in [1.29, 1.82) is 5.26 Å². The Kier molecular flexibility index (Phi) is 6.59. The molecular formula is C19H18ClN3O3. The first-order chi connectivity index (χ1) is 12.4. The SMILES string of the molecule is Cc1cccc(C)c1NC(=O)CNC(=O)COc1ccc(C#N)cc1Cl. The van der Waals surface area contributed by atoms with E-state index in [4.69, 9.17) is 21.6 Å². The average Bonchev–Trinajstić information content (AvgIpc) is 2.62. The van der Waals surface area contributed by atoms with Gasteiger partial charge in [0.25, 0.3) is 5.91 Å². The van der Waals surface area contributed by atoms with Crippen LogP contribution in [0.1, 0.15) is 16.7 Å². The number of aryl methyl sites for hydroxylation is 2. The number of anilines is 1.